The lowest BCUT2D eigenvalue weighted by Crippen LogP contribution is -2.19. The zero-order valence-electron chi connectivity index (χ0n) is 18.8. The number of nitrogens with one attached hydrogen (secondary N) is 2. The van der Waals surface area contributed by atoms with Crippen LogP contribution in [0.3, 0.4) is 0 Å². The molecule has 184 valence electrons. The molecule has 37 heavy (non-hydrogen) atoms. The van der Waals surface area contributed by atoms with Gasteiger partial charge in [-0.1, -0.05) is 69.5 Å². The Labute approximate surface area is 229 Å². The van der Waals surface area contributed by atoms with Crippen LogP contribution < -0.4 is 10.2 Å². The van der Waals surface area contributed by atoms with Crippen LogP contribution in [0.4, 0.5) is 0 Å². The van der Waals surface area contributed by atoms with Crippen molar-refractivity contribution in [3.05, 3.63) is 111 Å². The smallest absolute Gasteiger partial charge is 0.379 e. The van der Waals surface area contributed by atoms with Gasteiger partial charge in [0.2, 0.25) is 5.76 Å². The Hall–Kier alpha value is -3.85. The molecule has 2 heterocycles. The quantitative estimate of drug-likeness (QED) is 0.0919. The fraction of sp³-hybridized carbons (Fsp3) is 0. The van der Waals surface area contributed by atoms with Gasteiger partial charge in [0, 0.05) is 26.0 Å². The number of nitrogens with zero attached hydrogens (tertiary/aromatic N) is 1. The van der Waals surface area contributed by atoms with Gasteiger partial charge < -0.3 is 14.1 Å². The molecule has 0 aliphatic rings. The third-order valence-electron chi connectivity index (χ3n) is 5.38. The van der Waals surface area contributed by atoms with Gasteiger partial charge in [-0.05, 0) is 48.0 Å². The highest BCUT2D eigenvalue weighted by molar-refractivity contribution is 9.10. The number of H-pyrrole nitrogens is 1. The fourth-order valence-corrected chi connectivity index (χ4v) is 4.69. The average molecular weight is 597 g/mol. The second-order valence-electron chi connectivity index (χ2n) is 7.80. The Kier molecular flexibility index (Phi) is 7.14. The fourth-order valence-electron chi connectivity index (χ4n) is 3.77. The topological polar surface area (TPSA) is 96.7 Å². The van der Waals surface area contributed by atoms with E-state index in [2.05, 4.69) is 31.4 Å². The van der Waals surface area contributed by atoms with Gasteiger partial charge in [0.1, 0.15) is 11.4 Å². The maximum Gasteiger partial charge on any atom is 0.379 e. The van der Waals surface area contributed by atoms with Crippen LogP contribution >= 0.6 is 39.1 Å². The number of hydrogen-bond acceptors (Lipinski definition) is 5. The van der Waals surface area contributed by atoms with Crippen LogP contribution in [0.25, 0.3) is 22.0 Å². The van der Waals surface area contributed by atoms with E-state index in [-0.39, 0.29) is 17.2 Å². The SMILES string of the molecule is O=C(Oc1ccc(Br)cc1C=NNC(=O)c1[nH]c2c(Cl)cc(Cl)cc2c1-c1ccccc1)c1ccco1. The van der Waals surface area contributed by atoms with Crippen molar-refractivity contribution in [1.82, 2.24) is 10.4 Å². The molecular formula is C27H16BrCl2N3O4. The van der Waals surface area contributed by atoms with Gasteiger partial charge in [-0.2, -0.15) is 5.10 Å². The molecule has 0 fully saturated rings. The number of benzene rings is 3. The van der Waals surface area contributed by atoms with Crippen LogP contribution in [-0.4, -0.2) is 23.1 Å². The van der Waals surface area contributed by atoms with Gasteiger partial charge in [-0.25, -0.2) is 10.2 Å². The Balaban J connectivity index is 1.45. The molecule has 1 amide bonds. The first-order valence-corrected chi connectivity index (χ1v) is 12.4. The van der Waals surface area contributed by atoms with E-state index in [0.29, 0.717) is 32.1 Å². The molecule has 0 aliphatic heterocycles. The molecular weight excluding hydrogens is 581 g/mol. The number of hydrazone groups is 1. The first-order valence-electron chi connectivity index (χ1n) is 10.9. The van der Waals surface area contributed by atoms with Crippen LogP contribution in [0.5, 0.6) is 5.75 Å². The number of rotatable bonds is 6. The molecule has 0 spiro atoms. The molecule has 0 atom stereocenters. The molecule has 5 aromatic rings. The summed E-state index contributed by atoms with van der Waals surface area (Å²) in [6.07, 6.45) is 2.76. The van der Waals surface area contributed by atoms with Crippen molar-refractivity contribution in [1.29, 1.82) is 0 Å². The Morgan fingerprint density at radius 2 is 1.84 bits per heavy atom. The minimum Gasteiger partial charge on any atom is -0.457 e. The minimum atomic E-state index is -0.660. The van der Waals surface area contributed by atoms with Crippen LogP contribution in [0.15, 0.2) is 93.1 Å². The van der Waals surface area contributed by atoms with Crippen LogP contribution in [0.1, 0.15) is 26.6 Å². The predicted octanol–water partition coefficient (Wildman–Crippen LogP) is 7.48. The van der Waals surface area contributed by atoms with Crippen LogP contribution in [0.2, 0.25) is 10.0 Å². The van der Waals surface area contributed by atoms with E-state index in [1.165, 1.54) is 18.5 Å². The summed E-state index contributed by atoms with van der Waals surface area (Å²) < 4.78 is 11.3. The first-order chi connectivity index (χ1) is 17.9. The molecule has 0 saturated carbocycles. The molecule has 10 heteroatoms. The summed E-state index contributed by atoms with van der Waals surface area (Å²) in [5.41, 5.74) is 5.27. The van der Waals surface area contributed by atoms with E-state index < -0.39 is 11.9 Å². The molecule has 0 saturated heterocycles. The highest BCUT2D eigenvalue weighted by atomic mass is 79.9. The zero-order valence-corrected chi connectivity index (χ0v) is 21.9. The van der Waals surface area contributed by atoms with Gasteiger partial charge in [0.15, 0.2) is 0 Å². The van der Waals surface area contributed by atoms with Crippen molar-refractivity contribution in [2.24, 2.45) is 5.10 Å². The van der Waals surface area contributed by atoms with Gasteiger partial charge in [0.25, 0.3) is 5.91 Å². The Morgan fingerprint density at radius 3 is 2.59 bits per heavy atom. The minimum absolute atomic E-state index is 0.0603. The number of halogens is 3. The number of hydrogen-bond donors (Lipinski definition) is 2. The lowest BCUT2D eigenvalue weighted by molar-refractivity contribution is 0.0700. The molecule has 3 aromatic carbocycles. The second kappa shape index (κ2) is 10.6. The number of esters is 1. The largest absolute Gasteiger partial charge is 0.457 e. The molecule has 7 nitrogen and oxygen atoms in total. The van der Waals surface area contributed by atoms with E-state index >= 15 is 0 Å². The summed E-state index contributed by atoms with van der Waals surface area (Å²) in [4.78, 5) is 28.7. The summed E-state index contributed by atoms with van der Waals surface area (Å²) in [5, 5.41) is 5.64. The van der Waals surface area contributed by atoms with E-state index in [4.69, 9.17) is 32.4 Å². The first kappa shape index (κ1) is 24.8. The summed E-state index contributed by atoms with van der Waals surface area (Å²) in [7, 11) is 0. The van der Waals surface area contributed by atoms with Gasteiger partial charge in [-0.3, -0.25) is 4.79 Å². The van der Waals surface area contributed by atoms with E-state index in [1.54, 1.807) is 36.4 Å². The molecule has 2 aromatic heterocycles. The summed E-state index contributed by atoms with van der Waals surface area (Å²) >= 11 is 16.0. The third-order valence-corrected chi connectivity index (χ3v) is 6.39. The molecule has 0 radical (unpaired) electrons. The van der Waals surface area contributed by atoms with E-state index in [1.807, 2.05) is 30.3 Å². The molecule has 5 rings (SSSR count). The normalized spacial score (nSPS) is 11.2. The van der Waals surface area contributed by atoms with E-state index in [0.717, 1.165) is 10.0 Å². The highest BCUT2D eigenvalue weighted by Crippen LogP contribution is 2.37. The number of aromatic amines is 1. The number of carbonyl (C=O) groups is 2. The monoisotopic (exact) mass is 595 g/mol. The lowest BCUT2D eigenvalue weighted by Gasteiger charge is -2.07. The summed E-state index contributed by atoms with van der Waals surface area (Å²) in [5.74, 6) is -0.862. The number of amides is 1. The second-order valence-corrected chi connectivity index (χ2v) is 9.56. The summed E-state index contributed by atoms with van der Waals surface area (Å²) in [6, 6.07) is 20.9. The van der Waals surface area contributed by atoms with Crippen molar-refractivity contribution < 1.29 is 18.7 Å². The summed E-state index contributed by atoms with van der Waals surface area (Å²) in [6.45, 7) is 0. The van der Waals surface area contributed by atoms with Gasteiger partial charge >= 0.3 is 5.97 Å². The van der Waals surface area contributed by atoms with Crippen molar-refractivity contribution in [3.63, 3.8) is 0 Å². The molecule has 0 bridgehead atoms. The predicted molar refractivity (Wildman–Crippen MR) is 147 cm³/mol. The molecule has 0 aliphatic carbocycles. The number of carbonyl (C=O) groups excluding carboxylic acids is 2. The van der Waals surface area contributed by atoms with Gasteiger partial charge in [-0.15, -0.1) is 0 Å². The third kappa shape index (κ3) is 5.32. The van der Waals surface area contributed by atoms with Crippen LogP contribution in [0, 0.1) is 0 Å². The molecule has 0 unspecified atom stereocenters. The standard InChI is InChI=1S/C27H16BrCl2N3O4/c28-17-8-9-21(37-27(35)22-7-4-10-36-22)16(11-17)14-31-33-26(34)25-23(15-5-2-1-3-6-15)19-12-18(29)13-20(30)24(19)32-25/h1-14,32H,(H,33,34). The number of furan rings is 1. The molecule has 2 N–H and O–H groups in total. The van der Waals surface area contributed by atoms with Gasteiger partial charge in [0.05, 0.1) is 23.0 Å². The number of aromatic nitrogens is 1. The van der Waals surface area contributed by atoms with Crippen molar-refractivity contribution >= 4 is 68.1 Å². The number of ether oxygens (including phenoxy) is 1. The lowest BCUT2D eigenvalue weighted by atomic mass is 10.0. The maximum atomic E-state index is 13.2. The van der Waals surface area contributed by atoms with Crippen molar-refractivity contribution in [2.75, 3.05) is 0 Å². The van der Waals surface area contributed by atoms with Crippen LogP contribution in [-0.2, 0) is 0 Å². The van der Waals surface area contributed by atoms with E-state index in [9.17, 15) is 9.59 Å². The van der Waals surface area contributed by atoms with Crippen molar-refractivity contribution in [3.8, 4) is 16.9 Å². The zero-order chi connectivity index (χ0) is 25.9. The highest BCUT2D eigenvalue weighted by Gasteiger charge is 2.21. The average Bonchev–Trinajstić information content (AvgIpc) is 3.55. The van der Waals surface area contributed by atoms with Crippen molar-refractivity contribution in [2.45, 2.75) is 0 Å². The Bertz CT molecular complexity index is 1650. The maximum absolute atomic E-state index is 13.2. The number of fused-ring (bicyclic) bond motifs is 1. The Morgan fingerprint density at radius 1 is 1.03 bits per heavy atom.